The van der Waals surface area contributed by atoms with Crippen molar-refractivity contribution in [3.63, 3.8) is 0 Å². The highest BCUT2D eigenvalue weighted by Gasteiger charge is 2.08. The van der Waals surface area contributed by atoms with Gasteiger partial charge in [0.15, 0.2) is 0 Å². The smallest absolute Gasteiger partial charge is 0.306 e. The predicted octanol–water partition coefficient (Wildman–Crippen LogP) is 6.11. The Hall–Kier alpha value is -1.10. The fourth-order valence-electron chi connectivity index (χ4n) is 3.34. The van der Waals surface area contributed by atoms with Gasteiger partial charge in [0, 0.05) is 0 Å². The van der Waals surface area contributed by atoms with Gasteiger partial charge in [-0.3, -0.25) is 9.59 Å². The van der Waals surface area contributed by atoms with Gasteiger partial charge in [-0.2, -0.15) is 0 Å². The average Bonchev–Trinajstić information content (AvgIpc) is 2.72. The van der Waals surface area contributed by atoms with E-state index in [1.807, 2.05) is 0 Å². The molecule has 0 heterocycles. The van der Waals surface area contributed by atoms with Crippen LogP contribution in [-0.4, -0.2) is 36.9 Å². The van der Waals surface area contributed by atoms with E-state index in [4.69, 9.17) is 9.84 Å². The molecule has 0 unspecified atom stereocenters. The lowest BCUT2D eigenvalue weighted by Gasteiger charge is -2.05. The molecule has 0 saturated carbocycles. The Bertz CT molecular complexity index is 370. The summed E-state index contributed by atoms with van der Waals surface area (Å²) < 4.78 is 9.80. The molecule has 0 amide bonds. The van der Waals surface area contributed by atoms with Gasteiger partial charge < -0.3 is 14.6 Å². The summed E-state index contributed by atoms with van der Waals surface area (Å²) in [5.74, 6) is -0.828. The van der Waals surface area contributed by atoms with Gasteiger partial charge in [-0.25, -0.2) is 0 Å². The molecule has 5 nitrogen and oxygen atoms in total. The van der Waals surface area contributed by atoms with Gasteiger partial charge in [-0.15, -0.1) is 0 Å². The van der Waals surface area contributed by atoms with Crippen molar-refractivity contribution in [2.75, 3.05) is 19.8 Å². The molecule has 0 radical (unpaired) electrons. The summed E-state index contributed by atoms with van der Waals surface area (Å²) in [6.45, 7) is 2.48. The number of hydrogen-bond donors (Lipinski definition) is 1. The molecule has 0 aromatic heterocycles. The standard InChI is InChI=1S/C24H46O5/c1-2-3-4-5-6-7-8-9-10-11-12-13-14-15-16-17-21-28-23(26)18-19-24(27)29-22-20-25/h25H,2-22H2,1H3. The molecule has 0 aromatic carbocycles. The second kappa shape index (κ2) is 23.2. The van der Waals surface area contributed by atoms with Crippen LogP contribution in [0.4, 0.5) is 0 Å². The number of unbranched alkanes of at least 4 members (excludes halogenated alkanes) is 15. The van der Waals surface area contributed by atoms with Gasteiger partial charge in [0.25, 0.3) is 0 Å². The minimum atomic E-state index is -0.474. The number of ether oxygens (including phenoxy) is 2. The van der Waals surface area contributed by atoms with Crippen LogP contribution >= 0.6 is 0 Å². The summed E-state index contributed by atoms with van der Waals surface area (Å²) in [6.07, 6.45) is 21.1. The normalized spacial score (nSPS) is 10.8. The molecule has 0 atom stereocenters. The molecule has 0 aliphatic heterocycles. The van der Waals surface area contributed by atoms with Gasteiger partial charge in [0.1, 0.15) is 6.61 Å². The van der Waals surface area contributed by atoms with Crippen LogP contribution < -0.4 is 0 Å². The van der Waals surface area contributed by atoms with E-state index in [0.29, 0.717) is 6.61 Å². The first-order valence-corrected chi connectivity index (χ1v) is 12.1. The van der Waals surface area contributed by atoms with E-state index in [2.05, 4.69) is 11.7 Å². The van der Waals surface area contributed by atoms with Crippen LogP contribution in [0.25, 0.3) is 0 Å². The highest BCUT2D eigenvalue weighted by molar-refractivity contribution is 5.77. The van der Waals surface area contributed by atoms with Gasteiger partial charge in [0.2, 0.25) is 0 Å². The molecule has 1 N–H and O–H groups in total. The maximum Gasteiger partial charge on any atom is 0.306 e. The van der Waals surface area contributed by atoms with Crippen LogP contribution in [0, 0.1) is 0 Å². The molecular weight excluding hydrogens is 368 g/mol. The quantitative estimate of drug-likeness (QED) is 0.171. The van der Waals surface area contributed by atoms with E-state index in [9.17, 15) is 9.59 Å². The fraction of sp³-hybridized carbons (Fsp3) is 0.917. The lowest BCUT2D eigenvalue weighted by Crippen LogP contribution is -2.12. The number of rotatable bonds is 22. The third-order valence-corrected chi connectivity index (χ3v) is 5.15. The minimum Gasteiger partial charge on any atom is -0.466 e. The van der Waals surface area contributed by atoms with Crippen LogP contribution in [0.3, 0.4) is 0 Å². The molecule has 0 saturated heterocycles. The number of aliphatic hydroxyl groups is 1. The highest BCUT2D eigenvalue weighted by Crippen LogP contribution is 2.13. The van der Waals surface area contributed by atoms with E-state index < -0.39 is 5.97 Å². The van der Waals surface area contributed by atoms with Crippen molar-refractivity contribution < 1.29 is 24.2 Å². The third kappa shape index (κ3) is 23.0. The van der Waals surface area contributed by atoms with Crippen LogP contribution in [0.2, 0.25) is 0 Å². The zero-order valence-electron chi connectivity index (χ0n) is 18.9. The second-order valence-corrected chi connectivity index (χ2v) is 7.97. The van der Waals surface area contributed by atoms with E-state index in [0.717, 1.165) is 12.8 Å². The second-order valence-electron chi connectivity index (χ2n) is 7.97. The maximum absolute atomic E-state index is 11.5. The average molecular weight is 415 g/mol. The maximum atomic E-state index is 11.5. The summed E-state index contributed by atoms with van der Waals surface area (Å²) in [5, 5.41) is 8.54. The molecule has 0 fully saturated rings. The number of hydrogen-bond acceptors (Lipinski definition) is 5. The minimum absolute atomic E-state index is 0.0117. The molecule has 172 valence electrons. The van der Waals surface area contributed by atoms with Crippen molar-refractivity contribution in [1.82, 2.24) is 0 Å². The Balaban J connectivity index is 3.18. The van der Waals surface area contributed by atoms with Crippen LogP contribution in [0.15, 0.2) is 0 Å². The van der Waals surface area contributed by atoms with E-state index in [-0.39, 0.29) is 32.0 Å². The SMILES string of the molecule is CCCCCCCCCCCCCCCCCCOC(=O)CCC(=O)OCCO. The van der Waals surface area contributed by atoms with Crippen molar-refractivity contribution >= 4 is 11.9 Å². The van der Waals surface area contributed by atoms with Gasteiger partial charge >= 0.3 is 11.9 Å². The van der Waals surface area contributed by atoms with E-state index >= 15 is 0 Å². The van der Waals surface area contributed by atoms with E-state index in [1.54, 1.807) is 0 Å². The van der Waals surface area contributed by atoms with Gasteiger partial charge in [-0.05, 0) is 6.42 Å². The molecule has 0 aliphatic rings. The van der Waals surface area contributed by atoms with Gasteiger partial charge in [-0.1, -0.05) is 103 Å². The third-order valence-electron chi connectivity index (χ3n) is 5.15. The summed E-state index contributed by atoms with van der Waals surface area (Å²) >= 11 is 0. The van der Waals surface area contributed by atoms with Crippen molar-refractivity contribution in [1.29, 1.82) is 0 Å². The van der Waals surface area contributed by atoms with Crippen molar-refractivity contribution in [2.45, 2.75) is 122 Å². The Morgan fingerprint density at radius 2 is 0.897 bits per heavy atom. The Kier molecular flexibility index (Phi) is 22.3. The topological polar surface area (TPSA) is 72.8 Å². The lowest BCUT2D eigenvalue weighted by molar-refractivity contribution is -0.150. The Labute approximate surface area is 178 Å². The summed E-state index contributed by atoms with van der Waals surface area (Å²) in [6, 6.07) is 0. The molecule has 0 aromatic rings. The molecule has 0 rings (SSSR count). The predicted molar refractivity (Wildman–Crippen MR) is 118 cm³/mol. The van der Waals surface area contributed by atoms with Crippen LogP contribution in [-0.2, 0) is 19.1 Å². The zero-order valence-corrected chi connectivity index (χ0v) is 18.9. The first kappa shape index (κ1) is 27.9. The van der Waals surface area contributed by atoms with Crippen LogP contribution in [0.1, 0.15) is 122 Å². The zero-order chi connectivity index (χ0) is 21.4. The van der Waals surface area contributed by atoms with Crippen molar-refractivity contribution in [2.24, 2.45) is 0 Å². The molecular formula is C24H46O5. The Morgan fingerprint density at radius 3 is 1.28 bits per heavy atom. The van der Waals surface area contributed by atoms with Crippen LogP contribution in [0.5, 0.6) is 0 Å². The monoisotopic (exact) mass is 414 g/mol. The number of esters is 2. The number of aliphatic hydroxyl groups excluding tert-OH is 1. The molecule has 0 aliphatic carbocycles. The highest BCUT2D eigenvalue weighted by atomic mass is 16.5. The first-order chi connectivity index (χ1) is 14.2. The molecule has 0 spiro atoms. The fourth-order valence-corrected chi connectivity index (χ4v) is 3.34. The molecule has 5 heteroatoms. The summed E-state index contributed by atoms with van der Waals surface area (Å²) in [7, 11) is 0. The lowest BCUT2D eigenvalue weighted by atomic mass is 10.0. The number of carbonyl (C=O) groups excluding carboxylic acids is 2. The Morgan fingerprint density at radius 1 is 0.552 bits per heavy atom. The van der Waals surface area contributed by atoms with Crippen molar-refractivity contribution in [3.8, 4) is 0 Å². The van der Waals surface area contributed by atoms with Crippen molar-refractivity contribution in [3.05, 3.63) is 0 Å². The summed E-state index contributed by atoms with van der Waals surface area (Å²) in [5.41, 5.74) is 0. The molecule has 0 bridgehead atoms. The van der Waals surface area contributed by atoms with Gasteiger partial charge in [0.05, 0.1) is 26.1 Å². The number of carbonyl (C=O) groups is 2. The molecule has 29 heavy (non-hydrogen) atoms. The largest absolute Gasteiger partial charge is 0.466 e. The summed E-state index contributed by atoms with van der Waals surface area (Å²) in [4.78, 5) is 22.7. The first-order valence-electron chi connectivity index (χ1n) is 12.1. The van der Waals surface area contributed by atoms with E-state index in [1.165, 1.54) is 89.9 Å².